The number of nitrogens with zero attached hydrogens (tertiary/aromatic N) is 3. The van der Waals surface area contributed by atoms with E-state index >= 15 is 0 Å². The van der Waals surface area contributed by atoms with Gasteiger partial charge in [0.2, 0.25) is 0 Å². The Labute approximate surface area is 120 Å². The predicted molar refractivity (Wildman–Crippen MR) is 76.3 cm³/mol. The molecule has 108 valence electrons. The van der Waals surface area contributed by atoms with E-state index in [0.29, 0.717) is 12.1 Å². The second-order valence-electron chi connectivity index (χ2n) is 4.64. The van der Waals surface area contributed by atoms with Gasteiger partial charge in [-0.2, -0.15) is 0 Å². The van der Waals surface area contributed by atoms with Crippen LogP contribution in [0.4, 0.5) is 0 Å². The molecule has 0 aromatic carbocycles. The van der Waals surface area contributed by atoms with E-state index in [1.165, 1.54) is 13.4 Å². The van der Waals surface area contributed by atoms with Gasteiger partial charge in [0.15, 0.2) is 5.65 Å². The quantitative estimate of drug-likeness (QED) is 0.356. The number of esters is 1. The summed E-state index contributed by atoms with van der Waals surface area (Å²) in [5, 5.41) is 0.851. The highest BCUT2D eigenvalue weighted by Gasteiger charge is 2.28. The lowest BCUT2D eigenvalue weighted by atomic mass is 9.98. The smallest absolute Gasteiger partial charge is 0.325 e. The zero-order chi connectivity index (χ0) is 14.6. The molecular formula is C12H17N5O2S. The minimum atomic E-state index is -0.940. The van der Waals surface area contributed by atoms with Crippen molar-refractivity contribution in [2.45, 2.75) is 30.3 Å². The van der Waals surface area contributed by atoms with Crippen molar-refractivity contribution in [2.24, 2.45) is 5.73 Å². The lowest BCUT2D eigenvalue weighted by molar-refractivity contribution is -0.146. The van der Waals surface area contributed by atoms with E-state index in [-0.39, 0.29) is 5.97 Å². The van der Waals surface area contributed by atoms with Crippen molar-refractivity contribution >= 4 is 28.9 Å². The fraction of sp³-hybridized carbons (Fsp3) is 0.500. The molecule has 1 unspecified atom stereocenters. The SMILES string of the molecule is COC(=O)C(C)(N)CCCSc1ncnc2nc[nH]c12. The number of imidazole rings is 1. The topological polar surface area (TPSA) is 107 Å². The molecule has 0 saturated carbocycles. The van der Waals surface area contributed by atoms with E-state index < -0.39 is 5.54 Å². The predicted octanol–water partition coefficient (Wildman–Crippen LogP) is 1.12. The highest BCUT2D eigenvalue weighted by Crippen LogP contribution is 2.23. The van der Waals surface area contributed by atoms with E-state index in [9.17, 15) is 4.79 Å². The Hall–Kier alpha value is -1.67. The third-order valence-corrected chi connectivity index (χ3v) is 3.99. The molecule has 0 fully saturated rings. The number of rotatable bonds is 6. The number of hydrogen-bond donors (Lipinski definition) is 2. The van der Waals surface area contributed by atoms with Gasteiger partial charge >= 0.3 is 5.97 Å². The number of thioether (sulfide) groups is 1. The summed E-state index contributed by atoms with van der Waals surface area (Å²) in [5.41, 5.74) is 6.45. The zero-order valence-electron chi connectivity index (χ0n) is 11.4. The fourth-order valence-electron chi connectivity index (χ4n) is 1.80. The van der Waals surface area contributed by atoms with Gasteiger partial charge in [-0.25, -0.2) is 15.0 Å². The van der Waals surface area contributed by atoms with Gasteiger partial charge in [0, 0.05) is 0 Å². The number of H-pyrrole nitrogens is 1. The van der Waals surface area contributed by atoms with Crippen LogP contribution in [0.5, 0.6) is 0 Å². The van der Waals surface area contributed by atoms with E-state index in [0.717, 1.165) is 22.7 Å². The van der Waals surface area contributed by atoms with Gasteiger partial charge in [-0.1, -0.05) is 0 Å². The lowest BCUT2D eigenvalue weighted by Gasteiger charge is -2.20. The minimum absolute atomic E-state index is 0.388. The van der Waals surface area contributed by atoms with Crippen molar-refractivity contribution in [3.05, 3.63) is 12.7 Å². The normalized spacial score (nSPS) is 14.2. The minimum Gasteiger partial charge on any atom is -0.468 e. The molecule has 3 N–H and O–H groups in total. The number of carbonyl (C=O) groups excluding carboxylic acids is 1. The maximum atomic E-state index is 11.4. The van der Waals surface area contributed by atoms with Crippen LogP contribution in [0.25, 0.3) is 11.2 Å². The average molecular weight is 295 g/mol. The number of fused-ring (bicyclic) bond motifs is 1. The molecule has 2 rings (SSSR count). The van der Waals surface area contributed by atoms with Crippen LogP contribution >= 0.6 is 11.8 Å². The molecule has 0 bridgehead atoms. The standard InChI is InChI=1S/C12H17N5O2S/c1-12(13,11(18)19-2)4-3-5-20-10-8-9(15-6-14-8)16-7-17-10/h6-7H,3-5,13H2,1-2H3,(H,14,15,16,17). The Bertz CT molecular complexity index is 598. The molecule has 7 nitrogen and oxygen atoms in total. The van der Waals surface area contributed by atoms with Gasteiger partial charge in [-0.05, 0) is 25.5 Å². The summed E-state index contributed by atoms with van der Waals surface area (Å²) in [4.78, 5) is 26.8. The monoisotopic (exact) mass is 295 g/mol. The Kier molecular flexibility index (Phi) is 4.56. The van der Waals surface area contributed by atoms with Crippen LogP contribution in [-0.4, -0.2) is 44.3 Å². The molecule has 2 aromatic heterocycles. The first-order valence-corrected chi connectivity index (χ1v) is 7.17. The third kappa shape index (κ3) is 3.26. The molecule has 0 aliphatic heterocycles. The van der Waals surface area contributed by atoms with Crippen molar-refractivity contribution in [1.29, 1.82) is 0 Å². The third-order valence-electron chi connectivity index (χ3n) is 2.92. The number of aromatic amines is 1. The van der Waals surface area contributed by atoms with E-state index in [2.05, 4.69) is 24.7 Å². The largest absolute Gasteiger partial charge is 0.468 e. The maximum Gasteiger partial charge on any atom is 0.325 e. The molecule has 1 atom stereocenters. The van der Waals surface area contributed by atoms with Crippen LogP contribution in [0.3, 0.4) is 0 Å². The highest BCUT2D eigenvalue weighted by atomic mass is 32.2. The molecule has 0 spiro atoms. The van der Waals surface area contributed by atoms with Crippen LogP contribution in [-0.2, 0) is 9.53 Å². The first-order valence-electron chi connectivity index (χ1n) is 6.19. The van der Waals surface area contributed by atoms with Crippen LogP contribution < -0.4 is 5.73 Å². The van der Waals surface area contributed by atoms with Gasteiger partial charge < -0.3 is 15.5 Å². The molecule has 8 heteroatoms. The summed E-state index contributed by atoms with van der Waals surface area (Å²) in [6.07, 6.45) is 4.43. The number of nitrogens with one attached hydrogen (secondary N) is 1. The number of carbonyl (C=O) groups is 1. The zero-order valence-corrected chi connectivity index (χ0v) is 12.2. The van der Waals surface area contributed by atoms with Gasteiger partial charge in [-0.15, -0.1) is 11.8 Å². The maximum absolute atomic E-state index is 11.4. The number of aromatic nitrogens is 4. The molecule has 0 aliphatic carbocycles. The summed E-state index contributed by atoms with van der Waals surface area (Å²) >= 11 is 1.58. The van der Waals surface area contributed by atoms with Crippen molar-refractivity contribution in [1.82, 2.24) is 19.9 Å². The Morgan fingerprint density at radius 2 is 2.30 bits per heavy atom. The van der Waals surface area contributed by atoms with Crippen LogP contribution in [0.1, 0.15) is 19.8 Å². The first-order chi connectivity index (χ1) is 9.54. The van der Waals surface area contributed by atoms with Gasteiger partial charge in [0.1, 0.15) is 22.4 Å². The van der Waals surface area contributed by atoms with E-state index in [4.69, 9.17) is 5.73 Å². The molecule has 2 aromatic rings. The van der Waals surface area contributed by atoms with Crippen LogP contribution in [0.15, 0.2) is 17.7 Å². The Morgan fingerprint density at radius 1 is 1.50 bits per heavy atom. The van der Waals surface area contributed by atoms with Crippen LogP contribution in [0.2, 0.25) is 0 Å². The van der Waals surface area contributed by atoms with Crippen molar-refractivity contribution in [3.63, 3.8) is 0 Å². The summed E-state index contributed by atoms with van der Waals surface area (Å²) in [6.45, 7) is 1.68. The number of ether oxygens (including phenoxy) is 1. The molecule has 0 aliphatic rings. The Balaban J connectivity index is 1.88. The second-order valence-corrected chi connectivity index (χ2v) is 5.72. The number of nitrogens with two attached hydrogens (primary N) is 1. The molecule has 2 heterocycles. The summed E-state index contributed by atoms with van der Waals surface area (Å²) in [6, 6.07) is 0. The molecule has 0 amide bonds. The fourth-order valence-corrected chi connectivity index (χ4v) is 2.69. The van der Waals surface area contributed by atoms with Gasteiger partial charge in [-0.3, -0.25) is 4.79 Å². The lowest BCUT2D eigenvalue weighted by Crippen LogP contribution is -2.45. The first kappa shape index (κ1) is 14.7. The molecule has 0 saturated heterocycles. The molecule has 20 heavy (non-hydrogen) atoms. The number of hydrogen-bond acceptors (Lipinski definition) is 7. The molecule has 0 radical (unpaired) electrons. The van der Waals surface area contributed by atoms with E-state index in [1.54, 1.807) is 25.0 Å². The Morgan fingerprint density at radius 3 is 3.05 bits per heavy atom. The second kappa shape index (κ2) is 6.19. The van der Waals surface area contributed by atoms with Gasteiger partial charge in [0.25, 0.3) is 0 Å². The van der Waals surface area contributed by atoms with Crippen molar-refractivity contribution in [2.75, 3.05) is 12.9 Å². The van der Waals surface area contributed by atoms with Gasteiger partial charge in [0.05, 0.1) is 13.4 Å². The van der Waals surface area contributed by atoms with Crippen LogP contribution in [0, 0.1) is 0 Å². The van der Waals surface area contributed by atoms with Crippen molar-refractivity contribution in [3.8, 4) is 0 Å². The molecular weight excluding hydrogens is 278 g/mol. The summed E-state index contributed by atoms with van der Waals surface area (Å²) in [7, 11) is 1.35. The highest BCUT2D eigenvalue weighted by molar-refractivity contribution is 7.99. The summed E-state index contributed by atoms with van der Waals surface area (Å²) in [5.74, 6) is 0.412. The van der Waals surface area contributed by atoms with Crippen molar-refractivity contribution < 1.29 is 9.53 Å². The average Bonchev–Trinajstić information content (AvgIpc) is 2.91. The number of methoxy groups -OCH3 is 1. The van der Waals surface area contributed by atoms with E-state index in [1.807, 2.05) is 0 Å². The summed E-state index contributed by atoms with van der Waals surface area (Å²) < 4.78 is 4.67.